The molecule has 2 rings (SSSR count). The van der Waals surface area contributed by atoms with Crippen LogP contribution in [0.25, 0.3) is 0 Å². The fraction of sp³-hybridized carbons (Fsp3) is 0.571. The second-order valence-electron chi connectivity index (χ2n) is 5.12. The Balaban J connectivity index is 1.63. The van der Waals surface area contributed by atoms with E-state index in [0.717, 1.165) is 16.6 Å². The molecular formula is C14H20N4O2S2. The van der Waals surface area contributed by atoms with Crippen molar-refractivity contribution < 1.29 is 9.59 Å². The van der Waals surface area contributed by atoms with Crippen molar-refractivity contribution in [3.63, 3.8) is 0 Å². The van der Waals surface area contributed by atoms with E-state index in [2.05, 4.69) is 27.4 Å². The summed E-state index contributed by atoms with van der Waals surface area (Å²) in [6.45, 7) is 4.37. The Labute approximate surface area is 138 Å². The molecule has 0 aromatic carbocycles. The van der Waals surface area contributed by atoms with Gasteiger partial charge in [-0.2, -0.15) is 0 Å². The molecule has 1 aliphatic carbocycles. The summed E-state index contributed by atoms with van der Waals surface area (Å²) in [5.74, 6) is 1.10. The van der Waals surface area contributed by atoms with Crippen molar-refractivity contribution in [3.8, 4) is 0 Å². The number of anilines is 1. The molecule has 0 unspecified atom stereocenters. The van der Waals surface area contributed by atoms with E-state index in [4.69, 9.17) is 0 Å². The second kappa shape index (κ2) is 8.89. The highest BCUT2D eigenvalue weighted by molar-refractivity contribution is 8.01. The molecule has 22 heavy (non-hydrogen) atoms. The molecule has 1 aliphatic rings. The molecule has 1 fully saturated rings. The summed E-state index contributed by atoms with van der Waals surface area (Å²) >= 11 is 2.84. The molecule has 1 saturated carbocycles. The van der Waals surface area contributed by atoms with E-state index in [1.165, 1.54) is 42.4 Å². The van der Waals surface area contributed by atoms with Gasteiger partial charge in [0.25, 0.3) is 0 Å². The minimum absolute atomic E-state index is 0.0680. The minimum atomic E-state index is -0.213. The highest BCUT2D eigenvalue weighted by Crippen LogP contribution is 2.26. The van der Waals surface area contributed by atoms with Crippen molar-refractivity contribution in [1.29, 1.82) is 0 Å². The van der Waals surface area contributed by atoms with Crippen molar-refractivity contribution in [1.82, 2.24) is 15.5 Å². The van der Waals surface area contributed by atoms with Gasteiger partial charge >= 0.3 is 0 Å². The van der Waals surface area contributed by atoms with Crippen molar-refractivity contribution >= 4 is 40.0 Å². The van der Waals surface area contributed by atoms with Gasteiger partial charge in [0.15, 0.2) is 4.34 Å². The molecule has 1 aromatic heterocycles. The predicted octanol–water partition coefficient (Wildman–Crippen LogP) is 2.45. The topological polar surface area (TPSA) is 84.0 Å². The lowest BCUT2D eigenvalue weighted by Gasteiger charge is -2.25. The lowest BCUT2D eigenvalue weighted by molar-refractivity contribution is -0.124. The van der Waals surface area contributed by atoms with E-state index in [1.54, 1.807) is 6.08 Å². The van der Waals surface area contributed by atoms with Gasteiger partial charge < -0.3 is 10.6 Å². The molecule has 6 nitrogen and oxygen atoms in total. The van der Waals surface area contributed by atoms with E-state index in [9.17, 15) is 9.59 Å². The molecule has 1 aromatic rings. The van der Waals surface area contributed by atoms with Crippen LogP contribution in [-0.2, 0) is 9.59 Å². The molecule has 8 heteroatoms. The van der Waals surface area contributed by atoms with Crippen molar-refractivity contribution in [3.05, 3.63) is 12.7 Å². The van der Waals surface area contributed by atoms with Gasteiger partial charge in [0.1, 0.15) is 0 Å². The summed E-state index contributed by atoms with van der Waals surface area (Å²) in [4.78, 5) is 23.4. The Morgan fingerprint density at radius 2 is 2.09 bits per heavy atom. The SMILES string of the molecule is C=CCSc1nnc(NC(=O)CCC(=O)NCC2CCC2)s1. The smallest absolute Gasteiger partial charge is 0.226 e. The molecule has 0 atom stereocenters. The number of hydrogen-bond donors (Lipinski definition) is 2. The first kappa shape index (κ1) is 17.0. The van der Waals surface area contributed by atoms with Gasteiger partial charge in [-0.15, -0.1) is 16.8 Å². The third kappa shape index (κ3) is 5.76. The first-order valence-corrected chi connectivity index (χ1v) is 9.11. The van der Waals surface area contributed by atoms with Crippen molar-refractivity contribution in [2.45, 2.75) is 36.4 Å². The average Bonchev–Trinajstić information content (AvgIpc) is 2.88. The van der Waals surface area contributed by atoms with Crippen molar-refractivity contribution in [2.75, 3.05) is 17.6 Å². The molecule has 0 radical (unpaired) electrons. The quantitative estimate of drug-likeness (QED) is 0.410. The third-order valence-corrected chi connectivity index (χ3v) is 5.34. The Bertz CT molecular complexity index is 529. The zero-order chi connectivity index (χ0) is 15.8. The van der Waals surface area contributed by atoms with Gasteiger partial charge in [0.2, 0.25) is 16.9 Å². The van der Waals surface area contributed by atoms with Crippen LogP contribution in [0, 0.1) is 5.92 Å². The minimum Gasteiger partial charge on any atom is -0.356 e. The van der Waals surface area contributed by atoms with Gasteiger partial charge in [-0.05, 0) is 18.8 Å². The van der Waals surface area contributed by atoms with Gasteiger partial charge in [0.05, 0.1) is 0 Å². The maximum absolute atomic E-state index is 11.8. The Morgan fingerprint density at radius 3 is 2.77 bits per heavy atom. The Hall–Kier alpha value is -1.41. The van der Waals surface area contributed by atoms with Crippen LogP contribution in [0.5, 0.6) is 0 Å². The lowest BCUT2D eigenvalue weighted by Crippen LogP contribution is -2.32. The van der Waals surface area contributed by atoms with Crippen LogP contribution in [0.3, 0.4) is 0 Å². The summed E-state index contributed by atoms with van der Waals surface area (Å²) in [7, 11) is 0. The fourth-order valence-corrected chi connectivity index (χ4v) is 3.43. The first-order chi connectivity index (χ1) is 10.7. The number of amides is 2. The van der Waals surface area contributed by atoms with Gasteiger partial charge in [-0.3, -0.25) is 9.59 Å². The predicted molar refractivity (Wildman–Crippen MR) is 89.0 cm³/mol. The molecule has 0 aliphatic heterocycles. The number of thioether (sulfide) groups is 1. The van der Waals surface area contributed by atoms with Gasteiger partial charge in [-0.25, -0.2) is 0 Å². The number of rotatable bonds is 9. The Morgan fingerprint density at radius 1 is 1.32 bits per heavy atom. The third-order valence-electron chi connectivity index (χ3n) is 3.37. The van der Waals surface area contributed by atoms with Crippen LogP contribution >= 0.6 is 23.1 Å². The number of nitrogens with one attached hydrogen (secondary N) is 2. The summed E-state index contributed by atoms with van der Waals surface area (Å²) in [5, 5.41) is 13.9. The van der Waals surface area contributed by atoms with Gasteiger partial charge in [0, 0.05) is 25.1 Å². The maximum atomic E-state index is 11.8. The molecule has 2 amide bonds. The zero-order valence-electron chi connectivity index (χ0n) is 12.3. The number of carbonyl (C=O) groups is 2. The van der Waals surface area contributed by atoms with E-state index in [0.29, 0.717) is 11.0 Å². The molecule has 0 bridgehead atoms. The van der Waals surface area contributed by atoms with Crippen LogP contribution in [0.15, 0.2) is 17.0 Å². The van der Waals surface area contributed by atoms with Crippen LogP contribution in [0.2, 0.25) is 0 Å². The molecule has 0 saturated heterocycles. The largest absolute Gasteiger partial charge is 0.356 e. The van der Waals surface area contributed by atoms with Crippen LogP contribution in [0.4, 0.5) is 5.13 Å². The number of carbonyl (C=O) groups excluding carboxylic acids is 2. The van der Waals surface area contributed by atoms with Gasteiger partial charge in [-0.1, -0.05) is 35.6 Å². The fourth-order valence-electron chi connectivity index (χ4n) is 1.90. The zero-order valence-corrected chi connectivity index (χ0v) is 14.0. The number of aromatic nitrogens is 2. The average molecular weight is 340 g/mol. The molecule has 0 spiro atoms. The first-order valence-electron chi connectivity index (χ1n) is 7.31. The summed E-state index contributed by atoms with van der Waals surface area (Å²) in [5.41, 5.74) is 0. The highest BCUT2D eigenvalue weighted by Gasteiger charge is 2.18. The van der Waals surface area contributed by atoms with Crippen LogP contribution < -0.4 is 10.6 Å². The summed E-state index contributed by atoms with van der Waals surface area (Å²) in [6, 6.07) is 0. The van der Waals surface area contributed by atoms with E-state index < -0.39 is 0 Å². The lowest BCUT2D eigenvalue weighted by atomic mass is 9.85. The number of nitrogens with zero attached hydrogens (tertiary/aromatic N) is 2. The van der Waals surface area contributed by atoms with E-state index >= 15 is 0 Å². The molecule has 1 heterocycles. The molecular weight excluding hydrogens is 320 g/mol. The standard InChI is InChI=1S/C14H20N4O2S2/c1-2-8-21-14-18-17-13(22-14)16-12(20)7-6-11(19)15-9-10-4-3-5-10/h2,10H,1,3-9H2,(H,15,19)(H,16,17,20). The molecule has 120 valence electrons. The highest BCUT2D eigenvalue weighted by atomic mass is 32.2. The normalized spacial score (nSPS) is 14.2. The van der Waals surface area contributed by atoms with Crippen molar-refractivity contribution in [2.24, 2.45) is 5.92 Å². The van der Waals surface area contributed by atoms with Crippen LogP contribution in [-0.4, -0.2) is 34.3 Å². The maximum Gasteiger partial charge on any atom is 0.226 e. The number of hydrogen-bond acceptors (Lipinski definition) is 6. The second-order valence-corrected chi connectivity index (χ2v) is 7.37. The molecule has 2 N–H and O–H groups in total. The summed E-state index contributed by atoms with van der Waals surface area (Å²) < 4.78 is 0.786. The van der Waals surface area contributed by atoms with E-state index in [1.807, 2.05) is 0 Å². The summed E-state index contributed by atoms with van der Waals surface area (Å²) in [6.07, 6.45) is 5.80. The monoisotopic (exact) mass is 340 g/mol. The van der Waals surface area contributed by atoms with E-state index in [-0.39, 0.29) is 24.7 Å². The van der Waals surface area contributed by atoms with Crippen LogP contribution in [0.1, 0.15) is 32.1 Å². The Kier molecular flexibility index (Phi) is 6.85.